The van der Waals surface area contributed by atoms with Crippen LogP contribution in [0.4, 0.5) is 17.1 Å². The molecule has 1 aliphatic heterocycles. The summed E-state index contributed by atoms with van der Waals surface area (Å²) in [6, 6.07) is 21.9. The van der Waals surface area contributed by atoms with Crippen LogP contribution in [0, 0.1) is 0 Å². The molecule has 3 amide bonds. The second kappa shape index (κ2) is 9.14. The van der Waals surface area contributed by atoms with E-state index >= 15 is 0 Å². The number of rotatable bonds is 5. The molecule has 9 nitrogen and oxygen atoms in total. The van der Waals surface area contributed by atoms with E-state index in [0.717, 1.165) is 0 Å². The average Bonchev–Trinajstić information content (AvgIpc) is 2.86. The Hall–Kier alpha value is -4.92. The summed E-state index contributed by atoms with van der Waals surface area (Å²) in [5.41, 5.74) is 0.696. The Morgan fingerprint density at radius 1 is 0.857 bits per heavy atom. The maximum absolute atomic E-state index is 12.8. The lowest BCUT2D eigenvalue weighted by atomic mass is 10.1. The molecule has 2 heterocycles. The molecular formula is C26H19N3O6. The number of ether oxygens (including phenoxy) is 1. The number of benzene rings is 3. The van der Waals surface area contributed by atoms with Gasteiger partial charge in [0.1, 0.15) is 23.4 Å². The maximum Gasteiger partial charge on any atom is 0.349 e. The van der Waals surface area contributed by atoms with Crippen LogP contribution < -0.4 is 25.9 Å². The van der Waals surface area contributed by atoms with Gasteiger partial charge in [-0.1, -0.05) is 36.4 Å². The number of fused-ring (bicyclic) bond motifs is 2. The van der Waals surface area contributed by atoms with Gasteiger partial charge in [0.15, 0.2) is 6.61 Å². The van der Waals surface area contributed by atoms with E-state index in [1.54, 1.807) is 60.7 Å². The smallest absolute Gasteiger partial charge is 0.349 e. The van der Waals surface area contributed by atoms with Crippen LogP contribution >= 0.6 is 0 Å². The molecule has 0 saturated carbocycles. The fraction of sp³-hybridized carbons (Fsp3) is 0.0769. The van der Waals surface area contributed by atoms with Gasteiger partial charge in [-0.05, 0) is 42.5 Å². The molecule has 0 unspecified atom stereocenters. The van der Waals surface area contributed by atoms with Gasteiger partial charge in [-0.3, -0.25) is 19.3 Å². The van der Waals surface area contributed by atoms with Crippen LogP contribution in [0.3, 0.4) is 0 Å². The van der Waals surface area contributed by atoms with E-state index in [1.807, 2.05) is 6.07 Å². The number of para-hydroxylation sites is 2. The van der Waals surface area contributed by atoms with E-state index in [4.69, 9.17) is 9.15 Å². The number of hydrogen-bond acceptors (Lipinski definition) is 6. The molecule has 1 aliphatic rings. The molecule has 0 radical (unpaired) electrons. The van der Waals surface area contributed by atoms with Gasteiger partial charge in [0, 0.05) is 16.8 Å². The molecule has 0 spiro atoms. The molecule has 4 aromatic rings. The summed E-state index contributed by atoms with van der Waals surface area (Å²) in [5.74, 6) is -1.07. The zero-order chi connectivity index (χ0) is 24.4. The van der Waals surface area contributed by atoms with E-state index in [1.165, 1.54) is 17.0 Å². The van der Waals surface area contributed by atoms with Gasteiger partial charge in [0.05, 0.1) is 5.69 Å². The molecule has 1 aromatic heterocycles. The fourth-order valence-corrected chi connectivity index (χ4v) is 3.74. The lowest BCUT2D eigenvalue weighted by molar-refractivity contribution is -0.123. The Morgan fingerprint density at radius 3 is 2.46 bits per heavy atom. The lowest BCUT2D eigenvalue weighted by Gasteiger charge is -2.29. The number of nitrogens with one attached hydrogen (secondary N) is 2. The summed E-state index contributed by atoms with van der Waals surface area (Å²) in [6.07, 6.45) is 0. The van der Waals surface area contributed by atoms with Gasteiger partial charge < -0.3 is 19.8 Å². The van der Waals surface area contributed by atoms with Crippen LogP contribution in [-0.4, -0.2) is 30.9 Å². The lowest BCUT2D eigenvalue weighted by Crippen LogP contribution is -2.43. The molecule has 0 saturated heterocycles. The highest BCUT2D eigenvalue weighted by Crippen LogP contribution is 2.34. The topological polar surface area (TPSA) is 118 Å². The van der Waals surface area contributed by atoms with Crippen molar-refractivity contribution >= 4 is 45.8 Å². The summed E-state index contributed by atoms with van der Waals surface area (Å²) >= 11 is 0. The number of amides is 3. The minimum absolute atomic E-state index is 0.159. The van der Waals surface area contributed by atoms with Crippen LogP contribution in [0.1, 0.15) is 10.4 Å². The first kappa shape index (κ1) is 21.9. The zero-order valence-electron chi connectivity index (χ0n) is 18.3. The first-order valence-corrected chi connectivity index (χ1v) is 10.7. The molecule has 2 N–H and O–H groups in total. The predicted molar refractivity (Wildman–Crippen MR) is 130 cm³/mol. The van der Waals surface area contributed by atoms with Gasteiger partial charge in [-0.25, -0.2) is 4.79 Å². The summed E-state index contributed by atoms with van der Waals surface area (Å²) in [4.78, 5) is 51.6. The highest BCUT2D eigenvalue weighted by Gasteiger charge is 2.28. The SMILES string of the molecule is O=C(CN1C(=O)COc2ccc(NC(=O)c3cc4ccccc4oc3=O)cc21)Nc1ccccc1. The van der Waals surface area contributed by atoms with Crippen molar-refractivity contribution in [1.29, 1.82) is 0 Å². The molecule has 174 valence electrons. The Morgan fingerprint density at radius 2 is 1.63 bits per heavy atom. The van der Waals surface area contributed by atoms with Crippen molar-refractivity contribution in [3.05, 3.63) is 94.8 Å². The highest BCUT2D eigenvalue weighted by atomic mass is 16.5. The van der Waals surface area contributed by atoms with Crippen molar-refractivity contribution in [2.24, 2.45) is 0 Å². The average molecular weight is 469 g/mol. The van der Waals surface area contributed by atoms with Crippen LogP contribution in [0.15, 0.2) is 88.1 Å². The Balaban J connectivity index is 1.38. The zero-order valence-corrected chi connectivity index (χ0v) is 18.3. The Kier molecular flexibility index (Phi) is 5.72. The summed E-state index contributed by atoms with van der Waals surface area (Å²) in [6.45, 7) is -0.453. The van der Waals surface area contributed by atoms with Crippen LogP contribution in [0.2, 0.25) is 0 Å². The predicted octanol–water partition coefficient (Wildman–Crippen LogP) is 3.41. The van der Waals surface area contributed by atoms with Crippen molar-refractivity contribution in [2.45, 2.75) is 0 Å². The summed E-state index contributed by atoms with van der Waals surface area (Å²) < 4.78 is 10.7. The quantitative estimate of drug-likeness (QED) is 0.433. The molecule has 0 bridgehead atoms. The maximum atomic E-state index is 12.8. The van der Waals surface area contributed by atoms with Crippen LogP contribution in [0.5, 0.6) is 5.75 Å². The van der Waals surface area contributed by atoms with E-state index in [2.05, 4.69) is 10.6 Å². The van der Waals surface area contributed by atoms with Gasteiger partial charge in [-0.15, -0.1) is 0 Å². The van der Waals surface area contributed by atoms with Gasteiger partial charge in [0.25, 0.3) is 11.8 Å². The van der Waals surface area contributed by atoms with E-state index in [0.29, 0.717) is 33.8 Å². The molecule has 3 aromatic carbocycles. The number of carbonyl (C=O) groups is 3. The van der Waals surface area contributed by atoms with Crippen molar-refractivity contribution in [2.75, 3.05) is 28.7 Å². The van der Waals surface area contributed by atoms with Crippen LogP contribution in [-0.2, 0) is 9.59 Å². The largest absolute Gasteiger partial charge is 0.482 e. The van der Waals surface area contributed by atoms with Crippen molar-refractivity contribution in [3.63, 3.8) is 0 Å². The molecule has 0 aliphatic carbocycles. The standard InChI is InChI=1S/C26H19N3O6/c30-23(27-17-7-2-1-3-8-17)14-29-20-13-18(10-11-22(20)34-15-24(29)31)28-25(32)19-12-16-6-4-5-9-21(16)35-26(19)33/h1-13H,14-15H2,(H,27,30)(H,28,32). The van der Waals surface area contributed by atoms with Gasteiger partial charge >= 0.3 is 5.63 Å². The van der Waals surface area contributed by atoms with Crippen molar-refractivity contribution in [3.8, 4) is 5.75 Å². The van der Waals surface area contributed by atoms with Crippen molar-refractivity contribution in [1.82, 2.24) is 0 Å². The fourth-order valence-electron chi connectivity index (χ4n) is 3.74. The first-order valence-electron chi connectivity index (χ1n) is 10.7. The normalized spacial score (nSPS) is 12.6. The van der Waals surface area contributed by atoms with E-state index in [9.17, 15) is 19.2 Å². The highest BCUT2D eigenvalue weighted by molar-refractivity contribution is 6.08. The summed E-state index contributed by atoms with van der Waals surface area (Å²) in [5, 5.41) is 6.00. The first-order chi connectivity index (χ1) is 17.0. The third-order valence-electron chi connectivity index (χ3n) is 5.41. The summed E-state index contributed by atoms with van der Waals surface area (Å²) in [7, 11) is 0. The van der Waals surface area contributed by atoms with Crippen LogP contribution in [0.25, 0.3) is 11.0 Å². The third-order valence-corrected chi connectivity index (χ3v) is 5.41. The molecule has 0 atom stereocenters. The minimum atomic E-state index is -0.767. The van der Waals surface area contributed by atoms with Crippen molar-refractivity contribution < 1.29 is 23.5 Å². The Bertz CT molecular complexity index is 1510. The molecule has 35 heavy (non-hydrogen) atoms. The molecule has 0 fully saturated rings. The second-order valence-electron chi connectivity index (χ2n) is 7.80. The number of carbonyl (C=O) groups excluding carboxylic acids is 3. The second-order valence-corrected chi connectivity index (χ2v) is 7.80. The minimum Gasteiger partial charge on any atom is -0.482 e. The number of anilines is 3. The van der Waals surface area contributed by atoms with E-state index < -0.39 is 17.4 Å². The molecular weight excluding hydrogens is 450 g/mol. The monoisotopic (exact) mass is 469 g/mol. The molecule has 5 rings (SSSR count). The van der Waals surface area contributed by atoms with E-state index in [-0.39, 0.29) is 24.6 Å². The molecule has 9 heteroatoms. The van der Waals surface area contributed by atoms with Gasteiger partial charge in [0.2, 0.25) is 5.91 Å². The number of nitrogens with zero attached hydrogens (tertiary/aromatic N) is 1. The van der Waals surface area contributed by atoms with Gasteiger partial charge in [-0.2, -0.15) is 0 Å². The number of hydrogen-bond donors (Lipinski definition) is 2. The third kappa shape index (κ3) is 4.60. The Labute approximate surface area is 198 Å².